The lowest BCUT2D eigenvalue weighted by molar-refractivity contribution is 0.0556. The number of halogens is 2. The second kappa shape index (κ2) is 5.65. The number of rotatable bonds is 4. The van der Waals surface area contributed by atoms with Gasteiger partial charge in [-0.2, -0.15) is 0 Å². The van der Waals surface area contributed by atoms with Gasteiger partial charge in [0.15, 0.2) is 0 Å². The topological polar surface area (TPSA) is 45.2 Å². The second-order valence-electron chi connectivity index (χ2n) is 5.12. The van der Waals surface area contributed by atoms with Crippen LogP contribution in [-0.4, -0.2) is 42.0 Å². The molecular formula is C13H17Cl2N3O. The number of hydrogen-bond acceptors (Lipinski definition) is 3. The van der Waals surface area contributed by atoms with E-state index in [1.54, 1.807) is 12.1 Å². The molecule has 4 nitrogen and oxygen atoms in total. The zero-order valence-corrected chi connectivity index (χ0v) is 12.6. The highest BCUT2D eigenvalue weighted by molar-refractivity contribution is 6.34. The summed E-state index contributed by atoms with van der Waals surface area (Å²) in [7, 11) is 4.08. The van der Waals surface area contributed by atoms with E-state index in [1.807, 2.05) is 14.1 Å². The van der Waals surface area contributed by atoms with E-state index in [0.29, 0.717) is 11.6 Å². The van der Waals surface area contributed by atoms with Crippen LogP contribution in [-0.2, 0) is 0 Å². The van der Waals surface area contributed by atoms with Gasteiger partial charge in [0, 0.05) is 12.1 Å². The van der Waals surface area contributed by atoms with Crippen molar-refractivity contribution >= 4 is 29.1 Å². The van der Waals surface area contributed by atoms with Crippen LogP contribution in [0.5, 0.6) is 0 Å². The summed E-state index contributed by atoms with van der Waals surface area (Å²) in [4.78, 5) is 18.2. The molecule has 1 fully saturated rings. The molecule has 19 heavy (non-hydrogen) atoms. The lowest BCUT2D eigenvalue weighted by Crippen LogP contribution is -2.57. The van der Waals surface area contributed by atoms with Crippen molar-refractivity contribution < 1.29 is 4.79 Å². The van der Waals surface area contributed by atoms with Crippen LogP contribution in [0.4, 0.5) is 0 Å². The van der Waals surface area contributed by atoms with E-state index >= 15 is 0 Å². The van der Waals surface area contributed by atoms with Gasteiger partial charge in [0.2, 0.25) is 0 Å². The summed E-state index contributed by atoms with van der Waals surface area (Å²) in [5.74, 6) is -0.277. The second-order valence-corrected chi connectivity index (χ2v) is 5.91. The fourth-order valence-electron chi connectivity index (χ4n) is 2.27. The molecule has 2 rings (SSSR count). The van der Waals surface area contributed by atoms with Gasteiger partial charge in [-0.05, 0) is 45.5 Å². The van der Waals surface area contributed by atoms with Gasteiger partial charge in [0.1, 0.15) is 10.8 Å². The highest BCUT2D eigenvalue weighted by Crippen LogP contribution is 2.35. The first-order valence-electron chi connectivity index (χ1n) is 6.22. The Hall–Kier alpha value is -0.840. The maximum Gasteiger partial charge on any atom is 0.271 e. The Balaban J connectivity index is 2.03. The van der Waals surface area contributed by atoms with Gasteiger partial charge in [-0.25, -0.2) is 4.98 Å². The third-order valence-corrected chi connectivity index (χ3v) is 4.35. The van der Waals surface area contributed by atoms with Crippen LogP contribution in [0.25, 0.3) is 0 Å². The molecule has 0 atom stereocenters. The van der Waals surface area contributed by atoms with E-state index in [1.165, 1.54) is 6.42 Å². The minimum atomic E-state index is -0.277. The molecule has 1 aromatic heterocycles. The van der Waals surface area contributed by atoms with E-state index in [4.69, 9.17) is 23.2 Å². The third kappa shape index (κ3) is 3.02. The van der Waals surface area contributed by atoms with Crippen LogP contribution < -0.4 is 5.32 Å². The van der Waals surface area contributed by atoms with Crippen LogP contribution in [0.15, 0.2) is 12.1 Å². The number of nitrogens with one attached hydrogen (secondary N) is 1. The number of carbonyl (C=O) groups excluding carboxylic acids is 1. The molecule has 1 N–H and O–H groups in total. The first kappa shape index (κ1) is 14.6. The Kier molecular flexibility index (Phi) is 4.33. The Morgan fingerprint density at radius 2 is 2.11 bits per heavy atom. The molecule has 1 aromatic rings. The van der Waals surface area contributed by atoms with E-state index in [0.717, 1.165) is 12.8 Å². The molecule has 1 aliphatic carbocycles. The van der Waals surface area contributed by atoms with E-state index in [9.17, 15) is 4.79 Å². The molecule has 0 saturated heterocycles. The number of aromatic nitrogens is 1. The smallest absolute Gasteiger partial charge is 0.271 e. The lowest BCUT2D eigenvalue weighted by atomic mass is 9.75. The van der Waals surface area contributed by atoms with Gasteiger partial charge in [-0.15, -0.1) is 0 Å². The maximum absolute atomic E-state index is 12.1. The van der Waals surface area contributed by atoms with Crippen molar-refractivity contribution in [2.24, 2.45) is 0 Å². The van der Waals surface area contributed by atoms with Gasteiger partial charge in [-0.3, -0.25) is 4.79 Å². The van der Waals surface area contributed by atoms with Crippen molar-refractivity contribution in [2.45, 2.75) is 24.8 Å². The van der Waals surface area contributed by atoms with Crippen molar-refractivity contribution in [3.05, 3.63) is 28.0 Å². The summed E-state index contributed by atoms with van der Waals surface area (Å²) in [5, 5.41) is 3.48. The van der Waals surface area contributed by atoms with Gasteiger partial charge in [-0.1, -0.05) is 23.2 Å². The molecule has 1 saturated carbocycles. The quantitative estimate of drug-likeness (QED) is 0.870. The third-order valence-electron chi connectivity index (χ3n) is 3.84. The number of hydrogen-bond donors (Lipinski definition) is 1. The number of amides is 1. The summed E-state index contributed by atoms with van der Waals surface area (Å²) < 4.78 is 0. The molecule has 0 aromatic carbocycles. The Bertz CT molecular complexity index is 487. The lowest BCUT2D eigenvalue weighted by Gasteiger charge is -2.47. The predicted octanol–water partition coefficient (Wildman–Crippen LogP) is 2.60. The highest BCUT2D eigenvalue weighted by Gasteiger charge is 2.39. The van der Waals surface area contributed by atoms with Crippen LogP contribution in [0, 0.1) is 0 Å². The zero-order valence-electron chi connectivity index (χ0n) is 11.0. The molecule has 0 unspecified atom stereocenters. The molecule has 0 radical (unpaired) electrons. The summed E-state index contributed by atoms with van der Waals surface area (Å²) in [6, 6.07) is 3.14. The molecule has 0 aliphatic heterocycles. The Morgan fingerprint density at radius 3 is 2.63 bits per heavy atom. The number of pyridine rings is 1. The number of carbonyl (C=O) groups is 1. The van der Waals surface area contributed by atoms with E-state index in [-0.39, 0.29) is 22.3 Å². The van der Waals surface area contributed by atoms with Gasteiger partial charge in [0.25, 0.3) is 5.91 Å². The first-order chi connectivity index (χ1) is 8.94. The minimum Gasteiger partial charge on any atom is -0.349 e. The van der Waals surface area contributed by atoms with Gasteiger partial charge >= 0.3 is 0 Å². The largest absolute Gasteiger partial charge is 0.349 e. The fraction of sp³-hybridized carbons (Fsp3) is 0.538. The van der Waals surface area contributed by atoms with Crippen LogP contribution in [0.1, 0.15) is 29.8 Å². The summed E-state index contributed by atoms with van der Waals surface area (Å²) in [6.45, 7) is 0.601. The zero-order chi connectivity index (χ0) is 14.0. The molecule has 1 aliphatic rings. The van der Waals surface area contributed by atoms with Crippen molar-refractivity contribution in [3.8, 4) is 0 Å². The molecule has 0 bridgehead atoms. The summed E-state index contributed by atoms with van der Waals surface area (Å²) in [5.41, 5.74) is 0.253. The SMILES string of the molecule is CN(C)C1(CNC(=O)c2nc(Cl)ccc2Cl)CCC1. The van der Waals surface area contributed by atoms with Crippen molar-refractivity contribution in [2.75, 3.05) is 20.6 Å². The maximum atomic E-state index is 12.1. The predicted molar refractivity (Wildman–Crippen MR) is 76.9 cm³/mol. The summed E-state index contributed by atoms with van der Waals surface area (Å²) >= 11 is 11.7. The molecule has 1 amide bonds. The van der Waals surface area contributed by atoms with Gasteiger partial charge in [0.05, 0.1) is 5.02 Å². The monoisotopic (exact) mass is 301 g/mol. The fourth-order valence-corrected chi connectivity index (χ4v) is 2.61. The normalized spacial score (nSPS) is 17.1. The molecule has 6 heteroatoms. The average Bonchev–Trinajstić information content (AvgIpc) is 2.30. The van der Waals surface area contributed by atoms with Crippen LogP contribution >= 0.6 is 23.2 Å². The van der Waals surface area contributed by atoms with Gasteiger partial charge < -0.3 is 10.2 Å². The molecule has 104 valence electrons. The number of likely N-dealkylation sites (N-methyl/N-ethyl adjacent to an activating group) is 1. The number of nitrogens with zero attached hydrogens (tertiary/aromatic N) is 2. The van der Waals surface area contributed by atoms with E-state index in [2.05, 4.69) is 15.2 Å². The first-order valence-corrected chi connectivity index (χ1v) is 6.98. The van der Waals surface area contributed by atoms with Crippen molar-refractivity contribution in [1.82, 2.24) is 15.2 Å². The average molecular weight is 302 g/mol. The Morgan fingerprint density at radius 1 is 1.42 bits per heavy atom. The molecular weight excluding hydrogens is 285 g/mol. The minimum absolute atomic E-state index is 0.0701. The van der Waals surface area contributed by atoms with E-state index < -0.39 is 0 Å². The van der Waals surface area contributed by atoms with Crippen molar-refractivity contribution in [1.29, 1.82) is 0 Å². The summed E-state index contributed by atoms with van der Waals surface area (Å²) in [6.07, 6.45) is 3.39. The van der Waals surface area contributed by atoms with Crippen molar-refractivity contribution in [3.63, 3.8) is 0 Å². The van der Waals surface area contributed by atoms with Crippen LogP contribution in [0.3, 0.4) is 0 Å². The Labute approximate surface area is 123 Å². The van der Waals surface area contributed by atoms with Crippen LogP contribution in [0.2, 0.25) is 10.2 Å². The standard InChI is InChI=1S/C13H17Cl2N3O/c1-18(2)13(6-3-7-13)8-16-12(19)11-9(14)4-5-10(15)17-11/h4-5H,3,6-8H2,1-2H3,(H,16,19). The highest BCUT2D eigenvalue weighted by atomic mass is 35.5. The molecule has 1 heterocycles. The molecule has 0 spiro atoms.